The Labute approximate surface area is 130 Å². The normalized spacial score (nSPS) is 10.7. The maximum atomic E-state index is 9.03. The van der Waals surface area contributed by atoms with Crippen LogP contribution < -0.4 is 0 Å². The number of hydrogen-bond acceptors (Lipinski definition) is 4. The highest BCUT2D eigenvalue weighted by atomic mass is 32.1. The Balaban J connectivity index is 1.78. The molecule has 0 fully saturated rings. The van der Waals surface area contributed by atoms with Crippen LogP contribution in [0.3, 0.4) is 0 Å². The van der Waals surface area contributed by atoms with Crippen molar-refractivity contribution in [3.8, 4) is 28.5 Å². The van der Waals surface area contributed by atoms with E-state index in [4.69, 9.17) is 5.26 Å². The van der Waals surface area contributed by atoms with Gasteiger partial charge in [-0.2, -0.15) is 5.26 Å². The third-order valence-corrected chi connectivity index (χ3v) is 4.57. The quantitative estimate of drug-likeness (QED) is 0.602. The Morgan fingerprint density at radius 3 is 2.59 bits per heavy atom. The first-order valence-corrected chi connectivity index (χ1v) is 7.63. The van der Waals surface area contributed by atoms with Crippen LogP contribution in [0.25, 0.3) is 32.5 Å². The first kappa shape index (κ1) is 12.7. The lowest BCUT2D eigenvalue weighted by Gasteiger charge is -2.02. The molecule has 0 aliphatic carbocycles. The summed E-state index contributed by atoms with van der Waals surface area (Å²) in [6.07, 6.45) is 0. The van der Waals surface area contributed by atoms with Crippen molar-refractivity contribution in [2.45, 2.75) is 0 Å². The van der Waals surface area contributed by atoms with E-state index in [1.807, 2.05) is 12.1 Å². The fourth-order valence-corrected chi connectivity index (χ4v) is 3.49. The summed E-state index contributed by atoms with van der Waals surface area (Å²) in [5.74, 6) is 0. The first-order chi connectivity index (χ1) is 10.9. The van der Waals surface area contributed by atoms with Gasteiger partial charge in [0.15, 0.2) is 5.69 Å². The van der Waals surface area contributed by atoms with Crippen LogP contribution in [0.15, 0.2) is 53.9 Å². The highest BCUT2D eigenvalue weighted by Crippen LogP contribution is 2.34. The van der Waals surface area contributed by atoms with Crippen LogP contribution in [0.1, 0.15) is 5.69 Å². The molecule has 2 aromatic carbocycles. The first-order valence-electron chi connectivity index (χ1n) is 6.75. The summed E-state index contributed by atoms with van der Waals surface area (Å²) < 4.78 is 1.28. The smallest absolute Gasteiger partial charge is 0.163 e. The summed E-state index contributed by atoms with van der Waals surface area (Å²) in [4.78, 5) is 0. The van der Waals surface area contributed by atoms with Crippen LogP contribution in [0, 0.1) is 11.3 Å². The maximum Gasteiger partial charge on any atom is 0.163 e. The summed E-state index contributed by atoms with van der Waals surface area (Å²) in [5, 5.41) is 22.7. The Bertz CT molecular complexity index is 989. The van der Waals surface area contributed by atoms with E-state index in [9.17, 15) is 0 Å². The number of benzene rings is 2. The molecular weight excluding hydrogens is 292 g/mol. The number of aromatic amines is 1. The highest BCUT2D eigenvalue weighted by molar-refractivity contribution is 7.17. The number of hydrogen-bond donors (Lipinski definition) is 1. The molecule has 4 rings (SSSR count). The van der Waals surface area contributed by atoms with Crippen LogP contribution >= 0.6 is 11.3 Å². The number of nitrogens with one attached hydrogen (secondary N) is 1. The molecule has 1 N–H and O–H groups in total. The molecule has 0 saturated heterocycles. The second-order valence-electron chi connectivity index (χ2n) is 4.87. The Morgan fingerprint density at radius 1 is 1.00 bits per heavy atom. The van der Waals surface area contributed by atoms with Gasteiger partial charge in [0.05, 0.1) is 0 Å². The van der Waals surface area contributed by atoms with Gasteiger partial charge in [0.25, 0.3) is 0 Å². The number of rotatable bonds is 2. The molecule has 0 atom stereocenters. The van der Waals surface area contributed by atoms with Crippen LogP contribution in [0.4, 0.5) is 0 Å². The van der Waals surface area contributed by atoms with E-state index in [1.54, 1.807) is 11.3 Å². The van der Waals surface area contributed by atoms with Gasteiger partial charge in [-0.15, -0.1) is 16.4 Å². The lowest BCUT2D eigenvalue weighted by atomic mass is 10.0. The Kier molecular flexibility index (Phi) is 2.95. The second-order valence-corrected chi connectivity index (χ2v) is 5.78. The van der Waals surface area contributed by atoms with Gasteiger partial charge in [-0.3, -0.25) is 0 Å². The van der Waals surface area contributed by atoms with Gasteiger partial charge < -0.3 is 0 Å². The van der Waals surface area contributed by atoms with Gasteiger partial charge in [-0.1, -0.05) is 47.7 Å². The van der Waals surface area contributed by atoms with Crippen molar-refractivity contribution in [1.82, 2.24) is 15.4 Å². The lowest BCUT2D eigenvalue weighted by molar-refractivity contribution is 0.937. The van der Waals surface area contributed by atoms with Gasteiger partial charge in [0, 0.05) is 21.2 Å². The molecule has 4 aromatic rings. The van der Waals surface area contributed by atoms with Crippen molar-refractivity contribution in [3.05, 3.63) is 59.6 Å². The minimum atomic E-state index is 0.383. The van der Waals surface area contributed by atoms with Crippen molar-refractivity contribution in [2.24, 2.45) is 0 Å². The Morgan fingerprint density at radius 2 is 1.77 bits per heavy atom. The van der Waals surface area contributed by atoms with Crippen LogP contribution in [0.2, 0.25) is 0 Å². The predicted octanol–water partition coefficient (Wildman–Crippen LogP) is 4.23. The molecule has 0 bridgehead atoms. The van der Waals surface area contributed by atoms with Crippen molar-refractivity contribution < 1.29 is 0 Å². The zero-order valence-corrected chi connectivity index (χ0v) is 12.3. The van der Waals surface area contributed by atoms with Crippen molar-refractivity contribution in [3.63, 3.8) is 0 Å². The minimum absolute atomic E-state index is 0.383. The van der Waals surface area contributed by atoms with Gasteiger partial charge in [0.1, 0.15) is 11.8 Å². The van der Waals surface area contributed by atoms with Crippen molar-refractivity contribution in [2.75, 3.05) is 0 Å². The van der Waals surface area contributed by atoms with E-state index in [2.05, 4.69) is 63.3 Å². The largest absolute Gasteiger partial charge is 0.247 e. The number of H-pyrrole nitrogens is 1. The van der Waals surface area contributed by atoms with Gasteiger partial charge in [0.2, 0.25) is 0 Å². The summed E-state index contributed by atoms with van der Waals surface area (Å²) in [5.41, 5.74) is 4.24. The van der Waals surface area contributed by atoms with Crippen molar-refractivity contribution in [1.29, 1.82) is 5.26 Å². The SMILES string of the molecule is N#Cc1[nH]nnc1-c1ccc(-c2csc3ccccc23)cc1. The minimum Gasteiger partial charge on any atom is -0.247 e. The van der Waals surface area contributed by atoms with Crippen LogP contribution in [-0.4, -0.2) is 15.4 Å². The summed E-state index contributed by atoms with van der Waals surface area (Å²) in [6, 6.07) is 18.5. The average Bonchev–Trinajstić information content (AvgIpc) is 3.21. The molecule has 0 amide bonds. The molecular formula is C17H10N4S. The van der Waals surface area contributed by atoms with E-state index in [0.29, 0.717) is 11.4 Å². The third kappa shape index (κ3) is 1.98. The van der Waals surface area contributed by atoms with E-state index in [0.717, 1.165) is 11.1 Å². The van der Waals surface area contributed by atoms with Gasteiger partial charge in [-0.25, -0.2) is 5.10 Å². The van der Waals surface area contributed by atoms with Crippen molar-refractivity contribution >= 4 is 21.4 Å². The Hall–Kier alpha value is -2.97. The topological polar surface area (TPSA) is 65.4 Å². The fraction of sp³-hybridized carbons (Fsp3) is 0. The molecule has 0 spiro atoms. The molecule has 0 aliphatic heterocycles. The molecule has 4 nitrogen and oxygen atoms in total. The zero-order valence-electron chi connectivity index (χ0n) is 11.4. The second kappa shape index (κ2) is 5.10. The fourth-order valence-electron chi connectivity index (χ4n) is 2.52. The molecule has 0 radical (unpaired) electrons. The van der Waals surface area contributed by atoms with E-state index in [-0.39, 0.29) is 0 Å². The number of aromatic nitrogens is 3. The van der Waals surface area contributed by atoms with E-state index in [1.165, 1.54) is 15.6 Å². The van der Waals surface area contributed by atoms with Gasteiger partial charge >= 0.3 is 0 Å². The zero-order chi connectivity index (χ0) is 14.9. The summed E-state index contributed by atoms with van der Waals surface area (Å²) >= 11 is 1.75. The standard InChI is InChI=1S/C17H10N4S/c18-9-15-17(20-21-19-15)12-7-5-11(6-8-12)14-10-22-16-4-2-1-3-13(14)16/h1-8,10H,(H,19,20,21). The summed E-state index contributed by atoms with van der Waals surface area (Å²) in [7, 11) is 0. The lowest BCUT2D eigenvalue weighted by Crippen LogP contribution is -1.83. The molecule has 104 valence electrons. The molecule has 0 unspecified atom stereocenters. The van der Waals surface area contributed by atoms with Crippen LogP contribution in [-0.2, 0) is 0 Å². The average molecular weight is 302 g/mol. The molecule has 22 heavy (non-hydrogen) atoms. The maximum absolute atomic E-state index is 9.03. The number of nitriles is 1. The van der Waals surface area contributed by atoms with E-state index < -0.39 is 0 Å². The molecule has 0 saturated carbocycles. The van der Waals surface area contributed by atoms with Gasteiger partial charge in [-0.05, 0) is 17.0 Å². The summed E-state index contributed by atoms with van der Waals surface area (Å²) in [6.45, 7) is 0. The number of fused-ring (bicyclic) bond motifs is 1. The van der Waals surface area contributed by atoms with E-state index >= 15 is 0 Å². The highest BCUT2D eigenvalue weighted by Gasteiger charge is 2.10. The molecule has 0 aliphatic rings. The monoisotopic (exact) mass is 302 g/mol. The third-order valence-electron chi connectivity index (χ3n) is 3.61. The molecule has 5 heteroatoms. The molecule has 2 heterocycles. The van der Waals surface area contributed by atoms with Crippen LogP contribution in [0.5, 0.6) is 0 Å². The number of thiophene rings is 1. The molecule has 2 aromatic heterocycles. The number of nitrogens with zero attached hydrogens (tertiary/aromatic N) is 3. The predicted molar refractivity (Wildman–Crippen MR) is 87.4 cm³/mol.